The zero-order chi connectivity index (χ0) is 21.0. The molecule has 5 nitrogen and oxygen atoms in total. The van der Waals surface area contributed by atoms with Gasteiger partial charge >= 0.3 is 0 Å². The van der Waals surface area contributed by atoms with Crippen LogP contribution in [0.1, 0.15) is 46.8 Å². The van der Waals surface area contributed by atoms with Gasteiger partial charge in [0.2, 0.25) is 5.91 Å². The van der Waals surface area contributed by atoms with E-state index in [1.165, 1.54) is 13.0 Å². The molecule has 0 aromatic heterocycles. The zero-order valence-corrected chi connectivity index (χ0v) is 16.7. The molecule has 3 rings (SSSR count). The minimum absolute atomic E-state index is 0.0383. The topological polar surface area (TPSA) is 73.2 Å². The van der Waals surface area contributed by atoms with Gasteiger partial charge < -0.3 is 10.2 Å². The van der Waals surface area contributed by atoms with Crippen molar-refractivity contribution in [3.8, 4) is 6.07 Å². The van der Waals surface area contributed by atoms with Gasteiger partial charge in [0.05, 0.1) is 11.3 Å². The summed E-state index contributed by atoms with van der Waals surface area (Å²) in [5.74, 6) is -0.476. The van der Waals surface area contributed by atoms with Crippen molar-refractivity contribution >= 4 is 17.4 Å². The molecule has 1 amide bonds. The molecule has 1 aliphatic heterocycles. The van der Waals surface area contributed by atoms with Crippen molar-refractivity contribution in [2.24, 2.45) is 5.92 Å². The third-order valence-electron chi connectivity index (χ3n) is 5.43. The van der Waals surface area contributed by atoms with Crippen LogP contribution in [0.5, 0.6) is 0 Å². The lowest BCUT2D eigenvalue weighted by molar-refractivity contribution is -0.125. The Bertz CT molecular complexity index is 973. The summed E-state index contributed by atoms with van der Waals surface area (Å²) >= 11 is 0. The minimum Gasteiger partial charge on any atom is -0.370 e. The maximum Gasteiger partial charge on any atom is 0.223 e. The molecule has 1 saturated heterocycles. The molecule has 0 radical (unpaired) electrons. The molecule has 1 fully saturated rings. The van der Waals surface area contributed by atoms with E-state index in [-0.39, 0.29) is 23.4 Å². The monoisotopic (exact) mass is 393 g/mol. The first-order valence-corrected chi connectivity index (χ1v) is 9.72. The molecule has 0 saturated carbocycles. The van der Waals surface area contributed by atoms with Crippen LogP contribution < -0.4 is 10.2 Å². The van der Waals surface area contributed by atoms with Gasteiger partial charge in [0, 0.05) is 31.1 Å². The van der Waals surface area contributed by atoms with Crippen LogP contribution in [0.4, 0.5) is 10.1 Å². The van der Waals surface area contributed by atoms with E-state index in [2.05, 4.69) is 16.3 Å². The Labute approximate surface area is 170 Å². The first-order chi connectivity index (χ1) is 13.9. The van der Waals surface area contributed by atoms with Crippen LogP contribution in [0.3, 0.4) is 0 Å². The van der Waals surface area contributed by atoms with Gasteiger partial charge in [0.1, 0.15) is 11.9 Å². The van der Waals surface area contributed by atoms with Gasteiger partial charge in [-0.15, -0.1) is 0 Å². The number of hydrogen-bond donors (Lipinski definition) is 1. The van der Waals surface area contributed by atoms with Gasteiger partial charge in [-0.2, -0.15) is 5.26 Å². The summed E-state index contributed by atoms with van der Waals surface area (Å²) < 4.78 is 13.6. The summed E-state index contributed by atoms with van der Waals surface area (Å²) in [6, 6.07) is 12.2. The highest BCUT2D eigenvalue weighted by molar-refractivity contribution is 5.95. The Morgan fingerprint density at radius 1 is 1.21 bits per heavy atom. The van der Waals surface area contributed by atoms with Crippen molar-refractivity contribution in [3.63, 3.8) is 0 Å². The van der Waals surface area contributed by atoms with E-state index >= 15 is 0 Å². The number of rotatable bonds is 5. The van der Waals surface area contributed by atoms with Crippen LogP contribution >= 0.6 is 0 Å². The van der Waals surface area contributed by atoms with E-state index in [0.717, 1.165) is 11.3 Å². The first-order valence-electron chi connectivity index (χ1n) is 9.72. The van der Waals surface area contributed by atoms with Crippen molar-refractivity contribution < 1.29 is 14.0 Å². The summed E-state index contributed by atoms with van der Waals surface area (Å²) in [7, 11) is 0. The highest BCUT2D eigenvalue weighted by Gasteiger charge is 2.26. The molecule has 1 heterocycles. The fraction of sp³-hybridized carbons (Fsp3) is 0.348. The summed E-state index contributed by atoms with van der Waals surface area (Å²) in [5, 5.41) is 12.3. The maximum atomic E-state index is 13.6. The lowest BCUT2D eigenvalue weighted by atomic mass is 9.94. The van der Waals surface area contributed by atoms with Crippen LogP contribution in [0, 0.1) is 30.0 Å². The molecule has 0 bridgehead atoms. The molecular formula is C23H24FN3O2. The van der Waals surface area contributed by atoms with E-state index in [1.54, 1.807) is 31.2 Å². The number of anilines is 1. The second kappa shape index (κ2) is 8.87. The molecule has 6 heteroatoms. The number of aryl methyl sites for hydroxylation is 1. The smallest absolute Gasteiger partial charge is 0.223 e. The SMILES string of the molecule is CC(=O)c1ccc(C#N)c(N2CCC(C(=O)NCc3ccc(C)c(F)c3)CC2)c1. The number of amides is 1. The summed E-state index contributed by atoms with van der Waals surface area (Å²) in [6.45, 7) is 4.77. The Hall–Kier alpha value is -3.20. The van der Waals surface area contributed by atoms with Crippen LogP contribution in [-0.4, -0.2) is 24.8 Å². The third kappa shape index (κ3) is 4.80. The molecule has 29 heavy (non-hydrogen) atoms. The van der Waals surface area contributed by atoms with Crippen LogP contribution in [-0.2, 0) is 11.3 Å². The first kappa shape index (κ1) is 20.5. The number of hydrogen-bond acceptors (Lipinski definition) is 4. The number of benzene rings is 2. The van der Waals surface area contributed by atoms with Crippen molar-refractivity contribution in [1.29, 1.82) is 5.26 Å². The van der Waals surface area contributed by atoms with Crippen molar-refractivity contribution in [3.05, 3.63) is 64.5 Å². The maximum absolute atomic E-state index is 13.6. The molecule has 0 aliphatic carbocycles. The number of nitrogens with zero attached hydrogens (tertiary/aromatic N) is 2. The van der Waals surface area contributed by atoms with E-state index in [9.17, 15) is 19.2 Å². The van der Waals surface area contributed by atoms with E-state index in [1.807, 2.05) is 6.07 Å². The molecule has 2 aromatic carbocycles. The normalized spacial score (nSPS) is 14.3. The largest absolute Gasteiger partial charge is 0.370 e. The number of halogens is 1. The average molecular weight is 393 g/mol. The predicted molar refractivity (Wildman–Crippen MR) is 109 cm³/mol. The molecule has 0 spiro atoms. The minimum atomic E-state index is -0.272. The highest BCUT2D eigenvalue weighted by Crippen LogP contribution is 2.27. The quantitative estimate of drug-likeness (QED) is 0.786. The van der Waals surface area contributed by atoms with E-state index < -0.39 is 0 Å². The Morgan fingerprint density at radius 3 is 2.55 bits per heavy atom. The summed E-state index contributed by atoms with van der Waals surface area (Å²) in [6.07, 6.45) is 1.31. The number of piperidine rings is 1. The van der Waals surface area contributed by atoms with Crippen molar-refractivity contribution in [1.82, 2.24) is 5.32 Å². The van der Waals surface area contributed by atoms with Gasteiger partial charge in [-0.25, -0.2) is 4.39 Å². The summed E-state index contributed by atoms with van der Waals surface area (Å²) in [4.78, 5) is 26.2. The Kier molecular flexibility index (Phi) is 6.28. The van der Waals surface area contributed by atoms with Gasteiger partial charge in [-0.1, -0.05) is 12.1 Å². The molecule has 1 aliphatic rings. The molecule has 0 atom stereocenters. The lowest BCUT2D eigenvalue weighted by Gasteiger charge is -2.33. The van der Waals surface area contributed by atoms with E-state index in [0.29, 0.717) is 49.2 Å². The molecule has 1 N–H and O–H groups in total. The summed E-state index contributed by atoms with van der Waals surface area (Å²) in [5.41, 5.74) is 3.16. The number of nitriles is 1. The van der Waals surface area contributed by atoms with E-state index in [4.69, 9.17) is 0 Å². The molecule has 150 valence electrons. The van der Waals surface area contributed by atoms with Crippen molar-refractivity contribution in [2.45, 2.75) is 33.2 Å². The number of Topliss-reactive ketones (excluding diaryl/α,β-unsaturated/α-hetero) is 1. The number of carbonyl (C=O) groups excluding carboxylic acids is 2. The van der Waals surface area contributed by atoms with Crippen LogP contribution in [0.15, 0.2) is 36.4 Å². The van der Waals surface area contributed by atoms with Gasteiger partial charge in [-0.05, 0) is 62.1 Å². The molecule has 2 aromatic rings. The van der Waals surface area contributed by atoms with Crippen molar-refractivity contribution in [2.75, 3.05) is 18.0 Å². The van der Waals surface area contributed by atoms with Crippen LogP contribution in [0.2, 0.25) is 0 Å². The average Bonchev–Trinajstić information content (AvgIpc) is 2.74. The standard InChI is InChI=1S/C23H24FN3O2/c1-15-3-4-17(11-21(15)24)14-26-23(29)18-7-9-27(10-8-18)22-12-19(16(2)28)5-6-20(22)13-25/h3-6,11-12,18H,7-10,14H2,1-2H3,(H,26,29). The van der Waals surface area contributed by atoms with Crippen LogP contribution in [0.25, 0.3) is 0 Å². The fourth-order valence-corrected chi connectivity index (χ4v) is 3.57. The Balaban J connectivity index is 1.59. The third-order valence-corrected chi connectivity index (χ3v) is 5.43. The van der Waals surface area contributed by atoms with Gasteiger partial charge in [0.15, 0.2) is 5.78 Å². The fourth-order valence-electron chi connectivity index (χ4n) is 3.57. The Morgan fingerprint density at radius 2 is 1.93 bits per heavy atom. The highest BCUT2D eigenvalue weighted by atomic mass is 19.1. The molecule has 0 unspecified atom stereocenters. The predicted octanol–water partition coefficient (Wildman–Crippen LogP) is 3.74. The number of nitrogens with one attached hydrogen (secondary N) is 1. The number of ketones is 1. The lowest BCUT2D eigenvalue weighted by Crippen LogP contribution is -2.40. The van der Waals surface area contributed by atoms with Gasteiger partial charge in [-0.3, -0.25) is 9.59 Å². The number of carbonyl (C=O) groups is 2. The molecular weight excluding hydrogens is 369 g/mol. The second-order valence-electron chi connectivity index (χ2n) is 7.46. The van der Waals surface area contributed by atoms with Gasteiger partial charge in [0.25, 0.3) is 0 Å². The zero-order valence-electron chi connectivity index (χ0n) is 16.7. The second-order valence-corrected chi connectivity index (χ2v) is 7.46.